The first-order valence-electron chi connectivity index (χ1n) is 6.72. The summed E-state index contributed by atoms with van der Waals surface area (Å²) in [5.41, 5.74) is -0.445. The second-order valence-electron chi connectivity index (χ2n) is 4.51. The highest BCUT2D eigenvalue weighted by molar-refractivity contribution is 5.87. The van der Waals surface area contributed by atoms with Crippen molar-refractivity contribution in [1.29, 1.82) is 0 Å². The van der Waals surface area contributed by atoms with Crippen molar-refractivity contribution in [3.05, 3.63) is 38.2 Å². The van der Waals surface area contributed by atoms with Gasteiger partial charge in [-0.2, -0.15) is 0 Å². The first kappa shape index (κ1) is 15.9. The molecule has 0 aliphatic heterocycles. The molecule has 6 nitrogen and oxygen atoms in total. The number of rotatable bonds is 7. The fourth-order valence-corrected chi connectivity index (χ4v) is 1.71. The highest BCUT2D eigenvalue weighted by Gasteiger charge is 2.03. The molecule has 0 spiro atoms. The van der Waals surface area contributed by atoms with Crippen molar-refractivity contribution in [2.24, 2.45) is 0 Å². The fraction of sp³-hybridized carbons (Fsp3) is 0.500. The van der Waals surface area contributed by atoms with Crippen LogP contribution < -0.4 is 11.2 Å². The second-order valence-corrected chi connectivity index (χ2v) is 4.51. The summed E-state index contributed by atoms with van der Waals surface area (Å²) in [6.07, 6.45) is 6.66. The highest BCUT2D eigenvalue weighted by Crippen LogP contribution is 2.01. The van der Waals surface area contributed by atoms with Gasteiger partial charge in [0.05, 0.1) is 12.2 Å². The minimum atomic E-state index is -0.567. The van der Waals surface area contributed by atoms with Gasteiger partial charge in [-0.15, -0.1) is 0 Å². The van der Waals surface area contributed by atoms with Gasteiger partial charge in [-0.1, -0.05) is 26.2 Å². The van der Waals surface area contributed by atoms with Crippen molar-refractivity contribution in [3.8, 4) is 0 Å². The Hall–Kier alpha value is -2.11. The van der Waals surface area contributed by atoms with Gasteiger partial charge >= 0.3 is 11.7 Å². The minimum absolute atomic E-state index is 0.243. The molecule has 110 valence electrons. The van der Waals surface area contributed by atoms with E-state index in [1.54, 1.807) is 6.92 Å². The van der Waals surface area contributed by atoms with Crippen LogP contribution >= 0.6 is 0 Å². The summed E-state index contributed by atoms with van der Waals surface area (Å²) in [6.45, 7) is 4.08. The Kier molecular flexibility index (Phi) is 6.49. The smallest absolute Gasteiger partial charge is 0.330 e. The van der Waals surface area contributed by atoms with Crippen LogP contribution in [0.5, 0.6) is 0 Å². The lowest BCUT2D eigenvalue weighted by Gasteiger charge is -2.01. The fourth-order valence-electron chi connectivity index (χ4n) is 1.71. The minimum Gasteiger partial charge on any atom is -0.463 e. The molecule has 1 aromatic rings. The normalized spacial score (nSPS) is 10.9. The molecule has 0 radical (unpaired) electrons. The topological polar surface area (TPSA) is 92.0 Å². The predicted molar refractivity (Wildman–Crippen MR) is 76.6 cm³/mol. The molecule has 0 fully saturated rings. The standard InChI is InChI=1S/C14H20N2O4/c1-3-4-5-6-9-20-12(17)8-7-11-10(2)15-14(19)16-13(11)18/h7-8H,3-6,9H2,1-2H3,(H2,15,16,18,19). The molecule has 20 heavy (non-hydrogen) atoms. The van der Waals surface area contributed by atoms with Crippen molar-refractivity contribution in [1.82, 2.24) is 9.97 Å². The highest BCUT2D eigenvalue weighted by atomic mass is 16.5. The molecule has 0 saturated heterocycles. The molecule has 1 heterocycles. The van der Waals surface area contributed by atoms with E-state index in [0.29, 0.717) is 12.3 Å². The maximum absolute atomic E-state index is 11.5. The molecule has 1 rings (SSSR count). The molecule has 1 aromatic heterocycles. The predicted octanol–water partition coefficient (Wildman–Crippen LogP) is 1.51. The van der Waals surface area contributed by atoms with E-state index in [0.717, 1.165) is 25.7 Å². The Bertz CT molecular complexity index is 584. The van der Waals surface area contributed by atoms with Crippen molar-refractivity contribution in [3.63, 3.8) is 0 Å². The number of H-pyrrole nitrogens is 2. The lowest BCUT2D eigenvalue weighted by Crippen LogP contribution is -2.25. The Morgan fingerprint density at radius 3 is 2.60 bits per heavy atom. The Morgan fingerprint density at radius 1 is 1.20 bits per heavy atom. The zero-order chi connectivity index (χ0) is 15.0. The van der Waals surface area contributed by atoms with Gasteiger partial charge in [0.25, 0.3) is 5.56 Å². The van der Waals surface area contributed by atoms with Gasteiger partial charge in [0, 0.05) is 11.8 Å². The zero-order valence-corrected chi connectivity index (χ0v) is 11.8. The lowest BCUT2D eigenvalue weighted by atomic mass is 10.2. The van der Waals surface area contributed by atoms with Crippen molar-refractivity contribution >= 4 is 12.0 Å². The molecule has 0 saturated carbocycles. The Morgan fingerprint density at radius 2 is 1.95 bits per heavy atom. The first-order chi connectivity index (χ1) is 9.54. The van der Waals surface area contributed by atoms with Crippen LogP contribution in [0.15, 0.2) is 15.7 Å². The third-order valence-corrected chi connectivity index (χ3v) is 2.81. The van der Waals surface area contributed by atoms with Gasteiger partial charge in [0.15, 0.2) is 0 Å². The van der Waals surface area contributed by atoms with Crippen molar-refractivity contribution in [2.45, 2.75) is 39.5 Å². The quantitative estimate of drug-likeness (QED) is 0.450. The number of carbonyl (C=O) groups is 1. The van der Waals surface area contributed by atoms with Crippen molar-refractivity contribution in [2.75, 3.05) is 6.61 Å². The van der Waals surface area contributed by atoms with E-state index in [1.807, 2.05) is 0 Å². The van der Waals surface area contributed by atoms with Gasteiger partial charge in [-0.25, -0.2) is 9.59 Å². The van der Waals surface area contributed by atoms with E-state index in [2.05, 4.69) is 16.9 Å². The van der Waals surface area contributed by atoms with Gasteiger partial charge in [-0.05, 0) is 19.4 Å². The Labute approximate surface area is 116 Å². The monoisotopic (exact) mass is 280 g/mol. The molecule has 0 bridgehead atoms. The summed E-state index contributed by atoms with van der Waals surface area (Å²) in [6, 6.07) is 0. The van der Waals surface area contributed by atoms with Gasteiger partial charge in [0.2, 0.25) is 0 Å². The van der Waals surface area contributed by atoms with Crippen LogP contribution in [-0.2, 0) is 9.53 Å². The number of carbonyl (C=O) groups excluding carboxylic acids is 1. The zero-order valence-electron chi connectivity index (χ0n) is 11.8. The first-order valence-corrected chi connectivity index (χ1v) is 6.72. The van der Waals surface area contributed by atoms with Gasteiger partial charge in [0.1, 0.15) is 0 Å². The van der Waals surface area contributed by atoms with Crippen LogP contribution in [0.1, 0.15) is 43.9 Å². The molecule has 2 N–H and O–H groups in total. The molecule has 0 aliphatic rings. The maximum Gasteiger partial charge on any atom is 0.330 e. The van der Waals surface area contributed by atoms with E-state index >= 15 is 0 Å². The summed E-state index contributed by atoms with van der Waals surface area (Å²) in [5.74, 6) is -0.494. The van der Waals surface area contributed by atoms with Crippen LogP contribution in [0.25, 0.3) is 6.08 Å². The molecule has 0 unspecified atom stereocenters. The third-order valence-electron chi connectivity index (χ3n) is 2.81. The van der Waals surface area contributed by atoms with Crippen LogP contribution in [-0.4, -0.2) is 22.5 Å². The van der Waals surface area contributed by atoms with E-state index in [9.17, 15) is 14.4 Å². The number of unbranched alkanes of at least 4 members (excludes halogenated alkanes) is 3. The van der Waals surface area contributed by atoms with Crippen LogP contribution in [0.4, 0.5) is 0 Å². The van der Waals surface area contributed by atoms with Gasteiger partial charge in [-0.3, -0.25) is 9.78 Å². The summed E-state index contributed by atoms with van der Waals surface area (Å²) >= 11 is 0. The molecule has 0 aromatic carbocycles. The third kappa shape index (κ3) is 5.26. The largest absolute Gasteiger partial charge is 0.463 e. The average Bonchev–Trinajstić information content (AvgIpc) is 2.37. The number of aromatic nitrogens is 2. The summed E-state index contributed by atoms with van der Waals surface area (Å²) in [4.78, 5) is 38.5. The maximum atomic E-state index is 11.5. The van der Waals surface area contributed by atoms with Gasteiger partial charge < -0.3 is 9.72 Å². The molecular formula is C14H20N2O4. The number of aromatic amines is 2. The summed E-state index contributed by atoms with van der Waals surface area (Å²) < 4.78 is 5.00. The van der Waals surface area contributed by atoms with E-state index in [1.165, 1.54) is 12.2 Å². The molecular weight excluding hydrogens is 260 g/mol. The van der Waals surface area contributed by atoms with Crippen LogP contribution in [0.2, 0.25) is 0 Å². The van der Waals surface area contributed by atoms with Crippen LogP contribution in [0.3, 0.4) is 0 Å². The summed E-state index contributed by atoms with van der Waals surface area (Å²) in [7, 11) is 0. The number of ether oxygens (including phenoxy) is 1. The van der Waals surface area contributed by atoms with E-state index < -0.39 is 17.2 Å². The number of hydrogen-bond acceptors (Lipinski definition) is 4. The molecule has 0 aliphatic carbocycles. The molecule has 0 atom stereocenters. The number of aryl methyl sites for hydroxylation is 1. The van der Waals surface area contributed by atoms with E-state index in [-0.39, 0.29) is 5.56 Å². The van der Waals surface area contributed by atoms with E-state index in [4.69, 9.17) is 4.74 Å². The number of nitrogens with one attached hydrogen (secondary N) is 2. The SMILES string of the molecule is CCCCCCOC(=O)C=Cc1c(C)[nH]c(=O)[nH]c1=O. The Balaban J connectivity index is 2.54. The number of hydrogen-bond donors (Lipinski definition) is 2. The second kappa shape index (κ2) is 8.14. The van der Waals surface area contributed by atoms with Crippen molar-refractivity contribution < 1.29 is 9.53 Å². The molecule has 6 heteroatoms. The lowest BCUT2D eigenvalue weighted by molar-refractivity contribution is -0.137. The number of esters is 1. The molecule has 0 amide bonds. The summed E-state index contributed by atoms with van der Waals surface area (Å²) in [5, 5.41) is 0. The average molecular weight is 280 g/mol. The van der Waals surface area contributed by atoms with Crippen LogP contribution in [0, 0.1) is 6.92 Å².